The van der Waals surface area contributed by atoms with Crippen LogP contribution in [-0.2, 0) is 0 Å². The van der Waals surface area contributed by atoms with Gasteiger partial charge in [-0.2, -0.15) is 11.3 Å². The van der Waals surface area contributed by atoms with E-state index < -0.39 is 0 Å². The van der Waals surface area contributed by atoms with Crippen LogP contribution in [-0.4, -0.2) is 35.5 Å². The molecule has 5 heteroatoms. The SMILES string of the molecule is Cc1cc(C)nc(NC[C@@H](c2ccsc2)N(C)C)n1. The second-order valence-corrected chi connectivity index (χ2v) is 5.67. The molecular weight excluding hydrogens is 256 g/mol. The minimum absolute atomic E-state index is 0.329. The molecule has 0 bridgehead atoms. The van der Waals surface area contributed by atoms with Crippen LogP contribution in [0, 0.1) is 13.8 Å². The van der Waals surface area contributed by atoms with Gasteiger partial charge in [-0.1, -0.05) is 0 Å². The van der Waals surface area contributed by atoms with E-state index in [1.807, 2.05) is 19.9 Å². The van der Waals surface area contributed by atoms with Crippen LogP contribution in [0.15, 0.2) is 22.9 Å². The molecule has 0 spiro atoms. The van der Waals surface area contributed by atoms with Crippen molar-refractivity contribution < 1.29 is 0 Å². The minimum atomic E-state index is 0.329. The van der Waals surface area contributed by atoms with Crippen LogP contribution in [0.3, 0.4) is 0 Å². The zero-order valence-corrected chi connectivity index (χ0v) is 12.7. The predicted molar refractivity (Wildman–Crippen MR) is 80.7 cm³/mol. The minimum Gasteiger partial charge on any atom is -0.352 e. The van der Waals surface area contributed by atoms with Gasteiger partial charge >= 0.3 is 0 Å². The van der Waals surface area contributed by atoms with Crippen molar-refractivity contribution in [1.82, 2.24) is 14.9 Å². The third kappa shape index (κ3) is 3.75. The van der Waals surface area contributed by atoms with Gasteiger partial charge in [-0.15, -0.1) is 0 Å². The van der Waals surface area contributed by atoms with Crippen LogP contribution < -0.4 is 5.32 Å². The summed E-state index contributed by atoms with van der Waals surface area (Å²) in [4.78, 5) is 11.0. The molecule has 4 nitrogen and oxygen atoms in total. The Bertz CT molecular complexity index is 502. The van der Waals surface area contributed by atoms with Crippen molar-refractivity contribution in [2.75, 3.05) is 26.0 Å². The lowest BCUT2D eigenvalue weighted by molar-refractivity contribution is 0.312. The van der Waals surface area contributed by atoms with Crippen molar-refractivity contribution in [2.45, 2.75) is 19.9 Å². The van der Waals surface area contributed by atoms with E-state index in [-0.39, 0.29) is 0 Å². The van der Waals surface area contributed by atoms with Gasteiger partial charge < -0.3 is 10.2 Å². The van der Waals surface area contributed by atoms with E-state index in [0.717, 1.165) is 17.9 Å². The molecule has 2 heterocycles. The Morgan fingerprint density at radius 1 is 1.26 bits per heavy atom. The molecule has 0 aliphatic heterocycles. The maximum absolute atomic E-state index is 4.41. The second-order valence-electron chi connectivity index (χ2n) is 4.89. The maximum Gasteiger partial charge on any atom is 0.223 e. The van der Waals surface area contributed by atoms with Gasteiger partial charge in [0, 0.05) is 17.9 Å². The van der Waals surface area contributed by atoms with E-state index in [4.69, 9.17) is 0 Å². The van der Waals surface area contributed by atoms with Crippen molar-refractivity contribution in [2.24, 2.45) is 0 Å². The molecule has 0 aliphatic carbocycles. The Morgan fingerprint density at radius 2 is 1.95 bits per heavy atom. The summed E-state index contributed by atoms with van der Waals surface area (Å²) >= 11 is 1.73. The number of thiophene rings is 1. The molecule has 2 aromatic rings. The number of anilines is 1. The highest BCUT2D eigenvalue weighted by atomic mass is 32.1. The molecule has 0 radical (unpaired) electrons. The smallest absolute Gasteiger partial charge is 0.223 e. The highest BCUT2D eigenvalue weighted by Gasteiger charge is 2.14. The van der Waals surface area contributed by atoms with Gasteiger partial charge in [-0.3, -0.25) is 0 Å². The number of rotatable bonds is 5. The lowest BCUT2D eigenvalue weighted by Crippen LogP contribution is -2.27. The number of nitrogens with zero attached hydrogens (tertiary/aromatic N) is 3. The molecule has 102 valence electrons. The Labute approximate surface area is 118 Å². The zero-order chi connectivity index (χ0) is 13.8. The van der Waals surface area contributed by atoms with Crippen molar-refractivity contribution in [1.29, 1.82) is 0 Å². The van der Waals surface area contributed by atoms with E-state index in [9.17, 15) is 0 Å². The van der Waals surface area contributed by atoms with Gasteiger partial charge in [-0.05, 0) is 56.4 Å². The molecule has 1 N–H and O–H groups in total. The van der Waals surface area contributed by atoms with E-state index in [1.165, 1.54) is 5.56 Å². The van der Waals surface area contributed by atoms with E-state index in [0.29, 0.717) is 12.0 Å². The molecule has 1 atom stereocenters. The van der Waals surface area contributed by atoms with Crippen LogP contribution in [0.1, 0.15) is 23.0 Å². The fourth-order valence-electron chi connectivity index (χ4n) is 2.06. The number of aryl methyl sites for hydroxylation is 2. The lowest BCUT2D eigenvalue weighted by atomic mass is 10.1. The maximum atomic E-state index is 4.41. The first-order valence-electron chi connectivity index (χ1n) is 6.31. The van der Waals surface area contributed by atoms with Crippen LogP contribution in [0.5, 0.6) is 0 Å². The van der Waals surface area contributed by atoms with Gasteiger partial charge in [0.2, 0.25) is 5.95 Å². The van der Waals surface area contributed by atoms with E-state index in [1.54, 1.807) is 11.3 Å². The van der Waals surface area contributed by atoms with Gasteiger partial charge in [0.1, 0.15) is 0 Å². The Hall–Kier alpha value is -1.46. The van der Waals surface area contributed by atoms with Crippen LogP contribution >= 0.6 is 11.3 Å². The highest BCUT2D eigenvalue weighted by molar-refractivity contribution is 7.07. The monoisotopic (exact) mass is 276 g/mol. The summed E-state index contributed by atoms with van der Waals surface area (Å²) < 4.78 is 0. The summed E-state index contributed by atoms with van der Waals surface area (Å²) in [6.07, 6.45) is 0. The lowest BCUT2D eigenvalue weighted by Gasteiger charge is -2.24. The quantitative estimate of drug-likeness (QED) is 0.911. The largest absolute Gasteiger partial charge is 0.352 e. The number of likely N-dealkylation sites (N-methyl/N-ethyl adjacent to an activating group) is 1. The molecule has 0 aliphatic rings. The van der Waals surface area contributed by atoms with Crippen LogP contribution in [0.2, 0.25) is 0 Å². The summed E-state index contributed by atoms with van der Waals surface area (Å²) in [5.74, 6) is 0.708. The molecule has 19 heavy (non-hydrogen) atoms. The van der Waals surface area contributed by atoms with Gasteiger partial charge in [0.15, 0.2) is 0 Å². The van der Waals surface area contributed by atoms with E-state index in [2.05, 4.69) is 51.1 Å². The Balaban J connectivity index is 2.07. The summed E-state index contributed by atoms with van der Waals surface area (Å²) in [6, 6.07) is 4.48. The molecule has 0 saturated carbocycles. The van der Waals surface area contributed by atoms with Gasteiger partial charge in [0.25, 0.3) is 0 Å². The summed E-state index contributed by atoms with van der Waals surface area (Å²) in [5.41, 5.74) is 3.31. The molecule has 2 rings (SSSR count). The highest BCUT2D eigenvalue weighted by Crippen LogP contribution is 2.21. The fourth-order valence-corrected chi connectivity index (χ4v) is 2.76. The number of hydrogen-bond donors (Lipinski definition) is 1. The first-order valence-corrected chi connectivity index (χ1v) is 7.25. The fraction of sp³-hybridized carbons (Fsp3) is 0.429. The third-order valence-corrected chi connectivity index (χ3v) is 3.69. The van der Waals surface area contributed by atoms with Crippen molar-refractivity contribution >= 4 is 17.3 Å². The number of nitrogens with one attached hydrogen (secondary N) is 1. The second kappa shape index (κ2) is 6.12. The Morgan fingerprint density at radius 3 is 2.47 bits per heavy atom. The number of aromatic nitrogens is 2. The topological polar surface area (TPSA) is 41.1 Å². The zero-order valence-electron chi connectivity index (χ0n) is 11.8. The van der Waals surface area contributed by atoms with E-state index >= 15 is 0 Å². The van der Waals surface area contributed by atoms with Crippen LogP contribution in [0.25, 0.3) is 0 Å². The van der Waals surface area contributed by atoms with Gasteiger partial charge in [-0.25, -0.2) is 9.97 Å². The summed E-state index contributed by atoms with van der Waals surface area (Å²) in [5, 5.41) is 7.64. The summed E-state index contributed by atoms with van der Waals surface area (Å²) in [7, 11) is 4.18. The average molecular weight is 276 g/mol. The van der Waals surface area contributed by atoms with Crippen molar-refractivity contribution in [3.8, 4) is 0 Å². The average Bonchev–Trinajstić information content (AvgIpc) is 2.81. The first kappa shape index (κ1) is 14.0. The first-order chi connectivity index (χ1) is 9.06. The molecule has 0 aromatic carbocycles. The predicted octanol–water partition coefficient (Wildman–Crippen LogP) is 2.87. The normalized spacial score (nSPS) is 12.7. The molecule has 0 unspecified atom stereocenters. The Kier molecular flexibility index (Phi) is 4.50. The molecule has 2 aromatic heterocycles. The standard InChI is InChI=1S/C14H20N4S/c1-10-7-11(2)17-14(16-10)15-8-13(18(3)4)12-5-6-19-9-12/h5-7,9,13H,8H2,1-4H3,(H,15,16,17)/t13-/m0/s1. The van der Waals surface area contributed by atoms with Crippen molar-refractivity contribution in [3.05, 3.63) is 39.8 Å². The number of hydrogen-bond acceptors (Lipinski definition) is 5. The third-order valence-electron chi connectivity index (χ3n) is 2.99. The molecule has 0 amide bonds. The van der Waals surface area contributed by atoms with Gasteiger partial charge in [0.05, 0.1) is 6.04 Å². The van der Waals surface area contributed by atoms with Crippen molar-refractivity contribution in [3.63, 3.8) is 0 Å². The molecular formula is C14H20N4S. The molecule has 0 fully saturated rings. The summed E-state index contributed by atoms with van der Waals surface area (Å²) in [6.45, 7) is 4.77. The molecule has 0 saturated heterocycles. The van der Waals surface area contributed by atoms with Crippen LogP contribution in [0.4, 0.5) is 5.95 Å².